The summed E-state index contributed by atoms with van der Waals surface area (Å²) in [5.41, 5.74) is 6.78. The lowest BCUT2D eigenvalue weighted by atomic mass is 9.84. The maximum absolute atomic E-state index is 13.9. The van der Waals surface area contributed by atoms with Gasteiger partial charge in [0.2, 0.25) is 0 Å². The molecule has 4 rings (SSSR count). The van der Waals surface area contributed by atoms with Gasteiger partial charge >= 0.3 is 0 Å². The predicted octanol–water partition coefficient (Wildman–Crippen LogP) is 7.94. The van der Waals surface area contributed by atoms with E-state index in [4.69, 9.17) is 16.3 Å². The summed E-state index contributed by atoms with van der Waals surface area (Å²) in [5.74, 6) is 1.67. The van der Waals surface area contributed by atoms with E-state index in [2.05, 4.69) is 56.9 Å². The SMILES string of the molecule is COc1ccc(-c2nnc(SCc3c(C)cc(C(C)(C)C)cc3C)n2-c2ccc(F)c(Cl)c2)cc1. The fourth-order valence-electron chi connectivity index (χ4n) is 3.94. The Bertz CT molecular complexity index is 1340. The van der Waals surface area contributed by atoms with E-state index in [1.54, 1.807) is 31.0 Å². The molecule has 0 saturated carbocycles. The minimum atomic E-state index is -0.464. The molecule has 0 bridgehead atoms. The normalized spacial score (nSPS) is 11.7. The number of rotatable bonds is 6. The molecule has 35 heavy (non-hydrogen) atoms. The highest BCUT2D eigenvalue weighted by atomic mass is 35.5. The number of aromatic nitrogens is 3. The van der Waals surface area contributed by atoms with Crippen molar-refractivity contribution < 1.29 is 9.13 Å². The summed E-state index contributed by atoms with van der Waals surface area (Å²) in [6, 6.07) is 16.8. The van der Waals surface area contributed by atoms with E-state index in [-0.39, 0.29) is 10.4 Å². The van der Waals surface area contributed by atoms with Crippen LogP contribution in [0.25, 0.3) is 17.1 Å². The molecule has 0 radical (unpaired) electrons. The number of halogens is 2. The number of hydrogen-bond acceptors (Lipinski definition) is 4. The van der Waals surface area contributed by atoms with Crippen LogP contribution in [0, 0.1) is 19.7 Å². The van der Waals surface area contributed by atoms with E-state index >= 15 is 0 Å². The third kappa shape index (κ3) is 5.39. The molecule has 4 aromatic rings. The van der Waals surface area contributed by atoms with Gasteiger partial charge in [-0.3, -0.25) is 4.57 Å². The molecule has 0 unspecified atom stereocenters. The van der Waals surface area contributed by atoms with Crippen molar-refractivity contribution in [3.05, 3.63) is 87.7 Å². The Morgan fingerprint density at radius 2 is 1.63 bits per heavy atom. The van der Waals surface area contributed by atoms with Crippen LogP contribution in [-0.2, 0) is 11.2 Å². The minimum Gasteiger partial charge on any atom is -0.497 e. The monoisotopic (exact) mass is 509 g/mol. The summed E-state index contributed by atoms with van der Waals surface area (Å²) < 4.78 is 21.1. The number of methoxy groups -OCH3 is 1. The Kier molecular flexibility index (Phi) is 7.25. The highest BCUT2D eigenvalue weighted by Crippen LogP contribution is 2.34. The molecule has 0 atom stereocenters. The summed E-state index contributed by atoms with van der Waals surface area (Å²) in [5, 5.41) is 9.75. The van der Waals surface area contributed by atoms with Crippen LogP contribution in [-0.4, -0.2) is 21.9 Å². The molecule has 0 saturated heterocycles. The van der Waals surface area contributed by atoms with E-state index in [1.807, 2.05) is 28.8 Å². The molecule has 0 aliphatic heterocycles. The molecule has 0 aliphatic carbocycles. The van der Waals surface area contributed by atoms with Crippen molar-refractivity contribution in [2.45, 2.75) is 50.9 Å². The van der Waals surface area contributed by atoms with Crippen molar-refractivity contribution in [2.24, 2.45) is 0 Å². The first-order valence-electron chi connectivity index (χ1n) is 11.4. The molecule has 0 aliphatic rings. The average molecular weight is 510 g/mol. The van der Waals surface area contributed by atoms with Crippen LogP contribution in [0.5, 0.6) is 5.75 Å². The van der Waals surface area contributed by atoms with Crippen LogP contribution in [0.15, 0.2) is 59.8 Å². The Morgan fingerprint density at radius 1 is 0.971 bits per heavy atom. The van der Waals surface area contributed by atoms with Gasteiger partial charge in [0.1, 0.15) is 11.6 Å². The molecular weight excluding hydrogens is 481 g/mol. The lowest BCUT2D eigenvalue weighted by Gasteiger charge is -2.22. The summed E-state index contributed by atoms with van der Waals surface area (Å²) in [6.07, 6.45) is 0. The smallest absolute Gasteiger partial charge is 0.196 e. The Balaban J connectivity index is 1.74. The molecule has 182 valence electrons. The van der Waals surface area contributed by atoms with Crippen LogP contribution in [0.2, 0.25) is 5.02 Å². The zero-order chi connectivity index (χ0) is 25.3. The van der Waals surface area contributed by atoms with Gasteiger partial charge in [-0.2, -0.15) is 0 Å². The molecule has 0 fully saturated rings. The fourth-order valence-corrected chi connectivity index (χ4v) is 5.26. The van der Waals surface area contributed by atoms with Gasteiger partial charge in [-0.25, -0.2) is 4.39 Å². The second kappa shape index (κ2) is 10.0. The number of hydrogen-bond donors (Lipinski definition) is 0. The van der Waals surface area contributed by atoms with Crippen molar-refractivity contribution in [2.75, 3.05) is 7.11 Å². The van der Waals surface area contributed by atoms with Crippen molar-refractivity contribution in [1.82, 2.24) is 14.8 Å². The van der Waals surface area contributed by atoms with E-state index in [0.29, 0.717) is 16.7 Å². The van der Waals surface area contributed by atoms with Crippen molar-refractivity contribution in [3.8, 4) is 22.8 Å². The van der Waals surface area contributed by atoms with Gasteiger partial charge in [0.25, 0.3) is 0 Å². The first-order valence-corrected chi connectivity index (χ1v) is 12.7. The lowest BCUT2D eigenvalue weighted by Crippen LogP contribution is -2.12. The molecule has 0 amide bonds. The molecular formula is C28H29ClFN3OS. The second-order valence-electron chi connectivity index (χ2n) is 9.60. The largest absolute Gasteiger partial charge is 0.497 e. The third-order valence-electron chi connectivity index (χ3n) is 6.05. The van der Waals surface area contributed by atoms with E-state index in [0.717, 1.165) is 17.1 Å². The van der Waals surface area contributed by atoms with Gasteiger partial charge < -0.3 is 4.74 Å². The van der Waals surface area contributed by atoms with Crippen LogP contribution in [0.4, 0.5) is 4.39 Å². The third-order valence-corrected chi connectivity index (χ3v) is 7.30. The zero-order valence-electron chi connectivity index (χ0n) is 20.8. The van der Waals surface area contributed by atoms with Gasteiger partial charge in [0.15, 0.2) is 11.0 Å². The van der Waals surface area contributed by atoms with Crippen LogP contribution in [0.1, 0.15) is 43.0 Å². The highest BCUT2D eigenvalue weighted by Gasteiger charge is 2.20. The minimum absolute atomic E-state index is 0.0530. The Labute approximate surface area is 215 Å². The number of ether oxygens (including phenoxy) is 1. The summed E-state index contributed by atoms with van der Waals surface area (Å²) in [6.45, 7) is 11.0. The first kappa shape index (κ1) is 25.3. The number of thioether (sulfide) groups is 1. The number of aryl methyl sites for hydroxylation is 2. The average Bonchev–Trinajstić information content (AvgIpc) is 3.23. The molecule has 0 N–H and O–H groups in total. The van der Waals surface area contributed by atoms with Gasteiger partial charge in [-0.15, -0.1) is 10.2 Å². The van der Waals surface area contributed by atoms with Crippen molar-refractivity contribution >= 4 is 23.4 Å². The van der Waals surface area contributed by atoms with Crippen LogP contribution < -0.4 is 4.74 Å². The summed E-state index contributed by atoms with van der Waals surface area (Å²) in [7, 11) is 1.63. The zero-order valence-corrected chi connectivity index (χ0v) is 22.4. The maximum Gasteiger partial charge on any atom is 0.196 e. The number of benzene rings is 3. The first-order chi connectivity index (χ1) is 16.6. The quantitative estimate of drug-likeness (QED) is 0.247. The standard InChI is InChI=1S/C28H29ClFN3OS/c1-17-13-20(28(3,4)5)14-18(2)23(17)16-35-27-32-31-26(19-7-10-22(34-6)11-8-19)33(27)21-9-12-25(30)24(29)15-21/h7-15H,16H2,1-6H3. The molecule has 7 heteroatoms. The summed E-state index contributed by atoms with van der Waals surface area (Å²) >= 11 is 7.73. The molecule has 3 aromatic carbocycles. The van der Waals surface area contributed by atoms with Gasteiger partial charge in [-0.1, -0.05) is 56.3 Å². The fraction of sp³-hybridized carbons (Fsp3) is 0.286. The highest BCUT2D eigenvalue weighted by molar-refractivity contribution is 7.98. The predicted molar refractivity (Wildman–Crippen MR) is 142 cm³/mol. The number of nitrogens with zero attached hydrogens (tertiary/aromatic N) is 3. The maximum atomic E-state index is 13.9. The van der Waals surface area contributed by atoms with E-state index in [9.17, 15) is 4.39 Å². The molecule has 0 spiro atoms. The van der Waals surface area contributed by atoms with E-state index in [1.165, 1.54) is 28.3 Å². The Morgan fingerprint density at radius 3 is 2.20 bits per heavy atom. The lowest BCUT2D eigenvalue weighted by molar-refractivity contribution is 0.415. The van der Waals surface area contributed by atoms with Crippen LogP contribution >= 0.6 is 23.4 Å². The topological polar surface area (TPSA) is 39.9 Å². The van der Waals surface area contributed by atoms with Gasteiger partial charge in [0.05, 0.1) is 17.8 Å². The summed E-state index contributed by atoms with van der Waals surface area (Å²) in [4.78, 5) is 0. The van der Waals surface area contributed by atoms with E-state index < -0.39 is 5.82 Å². The van der Waals surface area contributed by atoms with Gasteiger partial charge in [0, 0.05) is 11.3 Å². The van der Waals surface area contributed by atoms with Crippen molar-refractivity contribution in [3.63, 3.8) is 0 Å². The molecule has 4 nitrogen and oxygen atoms in total. The molecule has 1 aromatic heterocycles. The van der Waals surface area contributed by atoms with Crippen LogP contribution in [0.3, 0.4) is 0 Å². The Hall–Kier alpha value is -2.83. The molecule has 1 heterocycles. The van der Waals surface area contributed by atoms with Gasteiger partial charge in [-0.05, 0) is 84.0 Å². The van der Waals surface area contributed by atoms with Crippen molar-refractivity contribution in [1.29, 1.82) is 0 Å². The second-order valence-corrected chi connectivity index (χ2v) is 10.9.